The molecule has 1 aromatic heterocycles. The van der Waals surface area contributed by atoms with Crippen LogP contribution >= 0.6 is 15.9 Å². The molecule has 6 nitrogen and oxygen atoms in total. The molecule has 0 spiro atoms. The van der Waals surface area contributed by atoms with Crippen molar-refractivity contribution in [2.45, 2.75) is 26.5 Å². The van der Waals surface area contributed by atoms with Crippen molar-refractivity contribution in [3.63, 3.8) is 0 Å². The van der Waals surface area contributed by atoms with Crippen molar-refractivity contribution >= 4 is 38.8 Å². The molecular formula is C21H22BrN3O3. The third-order valence-corrected chi connectivity index (χ3v) is 5.01. The number of anilines is 1. The number of esters is 1. The van der Waals surface area contributed by atoms with Crippen LogP contribution in [-0.4, -0.2) is 36.1 Å². The molecule has 0 aliphatic carbocycles. The molecule has 0 aliphatic rings. The summed E-state index contributed by atoms with van der Waals surface area (Å²) in [5.41, 5.74) is 2.68. The number of methoxy groups -OCH3 is 1. The Morgan fingerprint density at radius 3 is 2.46 bits per heavy atom. The second-order valence-corrected chi connectivity index (χ2v) is 7.42. The maximum Gasteiger partial charge on any atom is 0.338 e. The van der Waals surface area contributed by atoms with Gasteiger partial charge in [0.05, 0.1) is 23.7 Å². The number of hydrogen-bond donors (Lipinski definition) is 0. The zero-order valence-electron chi connectivity index (χ0n) is 16.3. The van der Waals surface area contributed by atoms with E-state index in [0.29, 0.717) is 21.2 Å². The standard InChI is InChI=1S/C21H22BrN3O3/c1-13(2)25(3)20-19(22)23-17-10-7-15(11-18(17)24-20)21(26)28-12-14-5-8-16(27-4)9-6-14/h5-11,13H,12H2,1-4H3. The van der Waals surface area contributed by atoms with Crippen LogP contribution < -0.4 is 9.64 Å². The van der Waals surface area contributed by atoms with Crippen LogP contribution in [0.4, 0.5) is 5.82 Å². The molecule has 0 amide bonds. The predicted octanol–water partition coefficient (Wildman–Crippen LogP) is 4.60. The summed E-state index contributed by atoms with van der Waals surface area (Å²) in [6.07, 6.45) is 0. The summed E-state index contributed by atoms with van der Waals surface area (Å²) >= 11 is 3.48. The lowest BCUT2D eigenvalue weighted by Gasteiger charge is -2.23. The second-order valence-electron chi connectivity index (χ2n) is 6.67. The topological polar surface area (TPSA) is 64.6 Å². The fraction of sp³-hybridized carbons (Fsp3) is 0.286. The number of aromatic nitrogens is 2. The lowest BCUT2D eigenvalue weighted by atomic mass is 10.2. The lowest BCUT2D eigenvalue weighted by Crippen LogP contribution is -2.27. The van der Waals surface area contributed by atoms with Gasteiger partial charge in [0.1, 0.15) is 17.0 Å². The van der Waals surface area contributed by atoms with Gasteiger partial charge in [0, 0.05) is 13.1 Å². The highest BCUT2D eigenvalue weighted by Crippen LogP contribution is 2.26. The Labute approximate surface area is 172 Å². The average Bonchev–Trinajstić information content (AvgIpc) is 2.70. The maximum absolute atomic E-state index is 12.5. The summed E-state index contributed by atoms with van der Waals surface area (Å²) < 4.78 is 11.2. The number of rotatable bonds is 6. The van der Waals surface area contributed by atoms with Crippen LogP contribution in [0, 0.1) is 0 Å². The Kier molecular flexibility index (Phi) is 6.14. The van der Waals surface area contributed by atoms with Crippen molar-refractivity contribution in [3.05, 3.63) is 58.2 Å². The molecule has 0 radical (unpaired) electrons. The third-order valence-electron chi connectivity index (χ3n) is 4.48. The molecular weight excluding hydrogens is 422 g/mol. The van der Waals surface area contributed by atoms with Crippen LogP contribution in [0.3, 0.4) is 0 Å². The van der Waals surface area contributed by atoms with Crippen LogP contribution in [0.5, 0.6) is 5.75 Å². The van der Waals surface area contributed by atoms with Gasteiger partial charge < -0.3 is 14.4 Å². The number of fused-ring (bicyclic) bond motifs is 1. The number of nitrogens with zero attached hydrogens (tertiary/aromatic N) is 3. The monoisotopic (exact) mass is 443 g/mol. The number of benzene rings is 2. The Morgan fingerprint density at radius 1 is 1.11 bits per heavy atom. The molecule has 0 aliphatic heterocycles. The van der Waals surface area contributed by atoms with Gasteiger partial charge in [0.25, 0.3) is 0 Å². The average molecular weight is 444 g/mol. The smallest absolute Gasteiger partial charge is 0.338 e. The van der Waals surface area contributed by atoms with Crippen LogP contribution in [-0.2, 0) is 11.3 Å². The molecule has 0 unspecified atom stereocenters. The fourth-order valence-corrected chi connectivity index (χ4v) is 3.13. The van der Waals surface area contributed by atoms with E-state index < -0.39 is 5.97 Å². The van der Waals surface area contributed by atoms with E-state index in [-0.39, 0.29) is 12.6 Å². The minimum atomic E-state index is -0.402. The second kappa shape index (κ2) is 8.56. The Bertz CT molecular complexity index is 990. The van der Waals surface area contributed by atoms with Gasteiger partial charge in [-0.1, -0.05) is 12.1 Å². The van der Waals surface area contributed by atoms with E-state index in [0.717, 1.165) is 17.1 Å². The van der Waals surface area contributed by atoms with Crippen molar-refractivity contribution in [3.8, 4) is 5.75 Å². The van der Waals surface area contributed by atoms with Gasteiger partial charge in [-0.15, -0.1) is 0 Å². The van der Waals surface area contributed by atoms with E-state index >= 15 is 0 Å². The van der Waals surface area contributed by atoms with Gasteiger partial charge >= 0.3 is 5.97 Å². The number of halogens is 1. The van der Waals surface area contributed by atoms with Crippen molar-refractivity contribution in [1.82, 2.24) is 9.97 Å². The fourth-order valence-electron chi connectivity index (χ4n) is 2.57. The number of hydrogen-bond acceptors (Lipinski definition) is 6. The van der Waals surface area contributed by atoms with Crippen molar-refractivity contribution in [2.75, 3.05) is 19.1 Å². The minimum absolute atomic E-state index is 0.189. The number of ether oxygens (including phenoxy) is 2. The van der Waals surface area contributed by atoms with Gasteiger partial charge in [-0.3, -0.25) is 0 Å². The van der Waals surface area contributed by atoms with Crippen molar-refractivity contribution in [2.24, 2.45) is 0 Å². The highest BCUT2D eigenvalue weighted by atomic mass is 79.9. The van der Waals surface area contributed by atoms with Crippen LogP contribution in [0.2, 0.25) is 0 Å². The number of carbonyl (C=O) groups excluding carboxylic acids is 1. The zero-order chi connectivity index (χ0) is 20.3. The molecule has 7 heteroatoms. The van der Waals surface area contributed by atoms with Crippen LogP contribution in [0.1, 0.15) is 29.8 Å². The molecule has 3 rings (SSSR count). The third kappa shape index (κ3) is 4.42. The molecule has 0 N–H and O–H groups in total. The number of carbonyl (C=O) groups is 1. The normalized spacial score (nSPS) is 10.9. The molecule has 1 heterocycles. The molecule has 0 saturated carbocycles. The van der Waals surface area contributed by atoms with Gasteiger partial charge in [-0.2, -0.15) is 0 Å². The zero-order valence-corrected chi connectivity index (χ0v) is 17.9. The van der Waals surface area contributed by atoms with Gasteiger partial charge in [0.15, 0.2) is 5.82 Å². The predicted molar refractivity (Wildman–Crippen MR) is 113 cm³/mol. The summed E-state index contributed by atoms with van der Waals surface area (Å²) in [4.78, 5) is 23.7. The lowest BCUT2D eigenvalue weighted by molar-refractivity contribution is 0.0473. The van der Waals surface area contributed by atoms with Gasteiger partial charge in [-0.05, 0) is 65.7 Å². The van der Waals surface area contributed by atoms with E-state index in [9.17, 15) is 4.79 Å². The largest absolute Gasteiger partial charge is 0.497 e. The van der Waals surface area contributed by atoms with Crippen molar-refractivity contribution < 1.29 is 14.3 Å². The van der Waals surface area contributed by atoms with E-state index in [1.165, 1.54) is 0 Å². The minimum Gasteiger partial charge on any atom is -0.497 e. The molecule has 3 aromatic rings. The van der Waals surface area contributed by atoms with Crippen molar-refractivity contribution in [1.29, 1.82) is 0 Å². The molecule has 0 fully saturated rings. The van der Waals surface area contributed by atoms with Crippen LogP contribution in [0.15, 0.2) is 47.1 Å². The van der Waals surface area contributed by atoms with Gasteiger partial charge in [-0.25, -0.2) is 14.8 Å². The quantitative estimate of drug-likeness (QED) is 0.518. The van der Waals surface area contributed by atoms with Crippen LogP contribution in [0.25, 0.3) is 11.0 Å². The SMILES string of the molecule is COc1ccc(COC(=O)c2ccc3nc(Br)c(N(C)C(C)C)nc3c2)cc1. The first-order valence-electron chi connectivity index (χ1n) is 8.89. The first kappa shape index (κ1) is 20.1. The molecule has 146 valence electrons. The Hall–Kier alpha value is -2.67. The molecule has 0 atom stereocenters. The highest BCUT2D eigenvalue weighted by molar-refractivity contribution is 9.10. The Morgan fingerprint density at radius 2 is 1.82 bits per heavy atom. The van der Waals surface area contributed by atoms with E-state index in [1.54, 1.807) is 25.3 Å². The van der Waals surface area contributed by atoms with E-state index in [2.05, 4.69) is 39.7 Å². The van der Waals surface area contributed by atoms with E-state index in [4.69, 9.17) is 9.47 Å². The van der Waals surface area contributed by atoms with Gasteiger partial charge in [0.2, 0.25) is 0 Å². The highest BCUT2D eigenvalue weighted by Gasteiger charge is 2.15. The summed E-state index contributed by atoms with van der Waals surface area (Å²) in [5.74, 6) is 1.09. The Balaban J connectivity index is 1.79. The summed E-state index contributed by atoms with van der Waals surface area (Å²) in [5, 5.41) is 0. The maximum atomic E-state index is 12.5. The first-order valence-corrected chi connectivity index (χ1v) is 9.68. The first-order chi connectivity index (χ1) is 13.4. The summed E-state index contributed by atoms with van der Waals surface area (Å²) in [6, 6.07) is 12.8. The van der Waals surface area contributed by atoms with E-state index in [1.807, 2.05) is 36.2 Å². The molecule has 0 bridgehead atoms. The molecule has 2 aromatic carbocycles. The summed E-state index contributed by atoms with van der Waals surface area (Å²) in [7, 11) is 3.57. The molecule has 28 heavy (non-hydrogen) atoms. The summed E-state index contributed by atoms with van der Waals surface area (Å²) in [6.45, 7) is 4.34. The molecule has 0 saturated heterocycles.